The van der Waals surface area contributed by atoms with Crippen LogP contribution in [0.3, 0.4) is 0 Å². The lowest BCUT2D eigenvalue weighted by atomic mass is 9.81. The zero-order valence-electron chi connectivity index (χ0n) is 16.7. The van der Waals surface area contributed by atoms with Crippen molar-refractivity contribution in [1.29, 1.82) is 0 Å². The lowest BCUT2D eigenvalue weighted by Gasteiger charge is -2.30. The number of esters is 2. The van der Waals surface area contributed by atoms with E-state index in [-0.39, 0.29) is 50.0 Å². The van der Waals surface area contributed by atoms with Gasteiger partial charge in [0.15, 0.2) is 0 Å². The van der Waals surface area contributed by atoms with Crippen molar-refractivity contribution in [2.75, 3.05) is 0 Å². The maximum Gasteiger partial charge on any atom is 0.346 e. The van der Waals surface area contributed by atoms with Gasteiger partial charge in [0.05, 0.1) is 21.5 Å². The average Bonchev–Trinajstić information content (AvgIpc) is 2.72. The van der Waals surface area contributed by atoms with E-state index < -0.39 is 23.7 Å². The molecule has 0 aliphatic carbocycles. The van der Waals surface area contributed by atoms with Crippen LogP contribution >= 0.6 is 34.8 Å². The maximum absolute atomic E-state index is 14.2. The summed E-state index contributed by atoms with van der Waals surface area (Å²) < 4.78 is 25.1. The van der Waals surface area contributed by atoms with Gasteiger partial charge in [-0.05, 0) is 48.2 Å². The number of benzene rings is 3. The van der Waals surface area contributed by atoms with E-state index in [1.54, 1.807) is 24.3 Å². The molecule has 0 spiro atoms. The predicted octanol–water partition coefficient (Wildman–Crippen LogP) is 6.89. The van der Waals surface area contributed by atoms with Crippen LogP contribution in [0.4, 0.5) is 4.39 Å². The van der Waals surface area contributed by atoms with Crippen LogP contribution in [0.25, 0.3) is 0 Å². The number of carbonyl (C=O) groups is 2. The van der Waals surface area contributed by atoms with E-state index in [4.69, 9.17) is 44.3 Å². The first kappa shape index (κ1) is 22.6. The lowest BCUT2D eigenvalue weighted by Crippen LogP contribution is -2.32. The van der Waals surface area contributed by atoms with E-state index >= 15 is 0 Å². The Labute approximate surface area is 198 Å². The van der Waals surface area contributed by atoms with Gasteiger partial charge in [-0.1, -0.05) is 59.9 Å². The molecule has 2 atom stereocenters. The molecule has 8 heteroatoms. The van der Waals surface area contributed by atoms with Crippen LogP contribution in [0.2, 0.25) is 15.1 Å². The number of fused-ring (bicyclic) bond motifs is 1. The van der Waals surface area contributed by atoms with Crippen LogP contribution in [-0.4, -0.2) is 11.9 Å². The van der Waals surface area contributed by atoms with E-state index in [0.717, 1.165) is 5.56 Å². The fourth-order valence-electron chi connectivity index (χ4n) is 3.71. The van der Waals surface area contributed by atoms with Crippen LogP contribution < -0.4 is 9.47 Å². The standard InChI is InChI=1S/C24H16Cl3FO4/c1-12-14-9-8-13(31-24(30)22-18(26)5-2-6-19(22)27)10-21(14)32-23(29)15(12)11-16-17(25)4-3-7-20(16)28/h2-10,12,15H,11H2,1H3. The molecule has 0 radical (unpaired) electrons. The summed E-state index contributed by atoms with van der Waals surface area (Å²) in [4.78, 5) is 25.2. The Morgan fingerprint density at radius 2 is 1.69 bits per heavy atom. The molecular formula is C24H16Cl3FO4. The molecule has 4 rings (SSSR count). The Bertz CT molecular complexity index is 1190. The Balaban J connectivity index is 1.57. The molecule has 0 fully saturated rings. The van der Waals surface area contributed by atoms with Gasteiger partial charge in [0.2, 0.25) is 0 Å². The van der Waals surface area contributed by atoms with Crippen molar-refractivity contribution < 1.29 is 23.5 Å². The van der Waals surface area contributed by atoms with Crippen molar-refractivity contribution in [2.24, 2.45) is 5.92 Å². The number of ether oxygens (including phenoxy) is 2. The fraction of sp³-hybridized carbons (Fsp3) is 0.167. The lowest BCUT2D eigenvalue weighted by molar-refractivity contribution is -0.141. The molecule has 3 aromatic carbocycles. The Kier molecular flexibility index (Phi) is 6.42. The minimum Gasteiger partial charge on any atom is -0.426 e. The molecule has 0 N–H and O–H groups in total. The third kappa shape index (κ3) is 4.33. The highest BCUT2D eigenvalue weighted by atomic mass is 35.5. The zero-order chi connectivity index (χ0) is 23.0. The van der Waals surface area contributed by atoms with Gasteiger partial charge in [0, 0.05) is 16.7 Å². The fourth-order valence-corrected chi connectivity index (χ4v) is 4.50. The molecule has 1 aliphatic rings. The van der Waals surface area contributed by atoms with Crippen LogP contribution in [0, 0.1) is 11.7 Å². The molecule has 2 unspecified atom stereocenters. The number of hydrogen-bond donors (Lipinski definition) is 0. The van der Waals surface area contributed by atoms with E-state index in [1.165, 1.54) is 30.3 Å². The minimum absolute atomic E-state index is 0.0424. The number of halogens is 4. The molecular weight excluding hydrogens is 478 g/mol. The monoisotopic (exact) mass is 492 g/mol. The highest BCUT2D eigenvalue weighted by Crippen LogP contribution is 2.41. The van der Waals surface area contributed by atoms with Crippen LogP contribution in [0.1, 0.15) is 34.3 Å². The second-order valence-corrected chi connectivity index (χ2v) is 8.63. The van der Waals surface area contributed by atoms with Gasteiger partial charge in [0.25, 0.3) is 0 Å². The van der Waals surface area contributed by atoms with Gasteiger partial charge >= 0.3 is 11.9 Å². The topological polar surface area (TPSA) is 52.6 Å². The average molecular weight is 494 g/mol. The second-order valence-electron chi connectivity index (χ2n) is 7.41. The summed E-state index contributed by atoms with van der Waals surface area (Å²) in [5.41, 5.74) is 1.05. The van der Waals surface area contributed by atoms with Crippen LogP contribution in [-0.2, 0) is 11.2 Å². The van der Waals surface area contributed by atoms with Crippen LogP contribution in [0.5, 0.6) is 11.5 Å². The van der Waals surface area contributed by atoms with Crippen molar-refractivity contribution >= 4 is 46.7 Å². The van der Waals surface area contributed by atoms with Gasteiger partial charge in [-0.3, -0.25) is 4.79 Å². The summed E-state index contributed by atoms with van der Waals surface area (Å²) in [5.74, 6) is -2.17. The van der Waals surface area contributed by atoms with Crippen molar-refractivity contribution in [3.63, 3.8) is 0 Å². The molecule has 3 aromatic rings. The van der Waals surface area contributed by atoms with Gasteiger partial charge in [-0.15, -0.1) is 0 Å². The van der Waals surface area contributed by atoms with E-state index in [0.29, 0.717) is 0 Å². The van der Waals surface area contributed by atoms with Crippen molar-refractivity contribution in [3.8, 4) is 11.5 Å². The summed E-state index contributed by atoms with van der Waals surface area (Å²) in [6.45, 7) is 1.86. The highest BCUT2D eigenvalue weighted by Gasteiger charge is 2.36. The molecule has 4 nitrogen and oxygen atoms in total. The highest BCUT2D eigenvalue weighted by molar-refractivity contribution is 6.39. The Morgan fingerprint density at radius 3 is 2.38 bits per heavy atom. The van der Waals surface area contributed by atoms with E-state index in [2.05, 4.69) is 0 Å². The van der Waals surface area contributed by atoms with E-state index in [1.807, 2.05) is 6.92 Å². The summed E-state index contributed by atoms with van der Waals surface area (Å²) in [5, 5.41) is 0.585. The summed E-state index contributed by atoms with van der Waals surface area (Å²) >= 11 is 18.2. The Hall–Kier alpha value is -2.60. The third-order valence-electron chi connectivity index (χ3n) is 5.46. The molecule has 0 bridgehead atoms. The number of carbonyl (C=O) groups excluding carboxylic acids is 2. The largest absolute Gasteiger partial charge is 0.426 e. The molecule has 32 heavy (non-hydrogen) atoms. The van der Waals surface area contributed by atoms with Gasteiger partial charge in [-0.2, -0.15) is 0 Å². The maximum atomic E-state index is 14.2. The third-order valence-corrected chi connectivity index (χ3v) is 6.44. The molecule has 0 amide bonds. The SMILES string of the molecule is CC1c2ccc(OC(=O)c3c(Cl)cccc3Cl)cc2OC(=O)C1Cc1c(F)cccc1Cl. The Morgan fingerprint density at radius 1 is 1.03 bits per heavy atom. The smallest absolute Gasteiger partial charge is 0.346 e. The first-order chi connectivity index (χ1) is 15.3. The molecule has 0 saturated heterocycles. The first-order valence-corrected chi connectivity index (χ1v) is 10.8. The van der Waals surface area contributed by atoms with Gasteiger partial charge in [0.1, 0.15) is 17.3 Å². The number of hydrogen-bond acceptors (Lipinski definition) is 4. The number of rotatable bonds is 4. The minimum atomic E-state index is -0.734. The van der Waals surface area contributed by atoms with Gasteiger partial charge < -0.3 is 9.47 Å². The molecule has 0 saturated carbocycles. The van der Waals surface area contributed by atoms with Gasteiger partial charge in [-0.25, -0.2) is 9.18 Å². The molecule has 0 aromatic heterocycles. The van der Waals surface area contributed by atoms with E-state index in [9.17, 15) is 14.0 Å². The molecule has 1 heterocycles. The summed E-state index contributed by atoms with van der Waals surface area (Å²) in [7, 11) is 0. The van der Waals surface area contributed by atoms with Crippen molar-refractivity contribution in [1.82, 2.24) is 0 Å². The summed E-state index contributed by atoms with van der Waals surface area (Å²) in [6.07, 6.45) is 0.104. The first-order valence-electron chi connectivity index (χ1n) is 9.71. The molecule has 164 valence electrons. The zero-order valence-corrected chi connectivity index (χ0v) is 19.0. The van der Waals surface area contributed by atoms with Crippen molar-refractivity contribution in [3.05, 3.63) is 92.2 Å². The predicted molar refractivity (Wildman–Crippen MR) is 121 cm³/mol. The molecule has 1 aliphatic heterocycles. The van der Waals surface area contributed by atoms with Crippen molar-refractivity contribution in [2.45, 2.75) is 19.3 Å². The summed E-state index contributed by atoms with van der Waals surface area (Å²) in [6, 6.07) is 13.8. The normalized spacial score (nSPS) is 17.5. The second kappa shape index (κ2) is 9.10. The van der Waals surface area contributed by atoms with Crippen LogP contribution in [0.15, 0.2) is 54.6 Å². The quantitative estimate of drug-likeness (QED) is 0.293.